The Kier molecular flexibility index (Phi) is 4.86. The quantitative estimate of drug-likeness (QED) is 0.405. The van der Waals surface area contributed by atoms with E-state index >= 15 is 0 Å². The Hall–Kier alpha value is -3.42. The van der Waals surface area contributed by atoms with Crippen LogP contribution in [0.3, 0.4) is 0 Å². The van der Waals surface area contributed by atoms with E-state index in [1.165, 1.54) is 0 Å². The fourth-order valence-electron chi connectivity index (χ4n) is 5.26. The molecule has 3 unspecified atom stereocenters. The van der Waals surface area contributed by atoms with E-state index in [1.54, 1.807) is 6.20 Å². The van der Waals surface area contributed by atoms with Crippen LogP contribution in [0.5, 0.6) is 5.88 Å². The van der Waals surface area contributed by atoms with Gasteiger partial charge in [0.05, 0.1) is 24.6 Å². The predicted molar refractivity (Wildman–Crippen MR) is 132 cm³/mol. The SMILES string of the molecule is N=S(=O)(NC(c1ccccc1)(c1ccccc1)c1ccccc1)C1CC12COc1ccnn1C2. The average molecular weight is 471 g/mol. The maximum atomic E-state index is 14.3. The van der Waals surface area contributed by atoms with Gasteiger partial charge in [-0.3, -0.25) is 0 Å². The fourth-order valence-corrected chi connectivity index (χ4v) is 7.63. The molecule has 0 saturated heterocycles. The van der Waals surface area contributed by atoms with Crippen LogP contribution in [0.4, 0.5) is 0 Å². The second-order valence-electron chi connectivity index (χ2n) is 9.22. The van der Waals surface area contributed by atoms with Crippen LogP contribution in [0.2, 0.25) is 0 Å². The molecule has 1 spiro atoms. The largest absolute Gasteiger partial charge is 0.477 e. The van der Waals surface area contributed by atoms with Gasteiger partial charge in [-0.1, -0.05) is 91.0 Å². The van der Waals surface area contributed by atoms with Gasteiger partial charge in [-0.2, -0.15) is 5.10 Å². The van der Waals surface area contributed by atoms with Gasteiger partial charge in [0.1, 0.15) is 15.5 Å². The van der Waals surface area contributed by atoms with Gasteiger partial charge in [0.25, 0.3) is 0 Å². The normalized spacial score (nSPS) is 23.0. The zero-order valence-corrected chi connectivity index (χ0v) is 19.4. The summed E-state index contributed by atoms with van der Waals surface area (Å²) in [6.45, 7) is 1.07. The molecule has 7 heteroatoms. The Labute approximate surface area is 199 Å². The zero-order valence-electron chi connectivity index (χ0n) is 18.6. The van der Waals surface area contributed by atoms with Gasteiger partial charge in [0.2, 0.25) is 5.88 Å². The molecule has 2 heterocycles. The third-order valence-corrected chi connectivity index (χ3v) is 9.17. The van der Waals surface area contributed by atoms with Crippen LogP contribution in [0.1, 0.15) is 23.1 Å². The first kappa shape index (κ1) is 21.1. The molecule has 1 fully saturated rings. The lowest BCUT2D eigenvalue weighted by Crippen LogP contribution is -2.49. The summed E-state index contributed by atoms with van der Waals surface area (Å²) in [5.41, 5.74) is 1.53. The summed E-state index contributed by atoms with van der Waals surface area (Å²) in [5, 5.41) is 4.00. The lowest BCUT2D eigenvalue weighted by atomic mass is 9.78. The van der Waals surface area contributed by atoms with Gasteiger partial charge >= 0.3 is 0 Å². The fraction of sp³-hybridized carbons (Fsp3) is 0.222. The molecule has 0 radical (unpaired) electrons. The van der Waals surface area contributed by atoms with E-state index in [2.05, 4.69) is 9.82 Å². The minimum atomic E-state index is -3.25. The molecule has 1 aliphatic carbocycles. The second-order valence-corrected chi connectivity index (χ2v) is 11.2. The molecule has 1 saturated carbocycles. The van der Waals surface area contributed by atoms with E-state index in [0.29, 0.717) is 19.6 Å². The van der Waals surface area contributed by atoms with Crippen molar-refractivity contribution in [3.05, 3.63) is 120 Å². The maximum Gasteiger partial charge on any atom is 0.211 e. The van der Waals surface area contributed by atoms with Crippen LogP contribution >= 0.6 is 0 Å². The number of fused-ring (bicyclic) bond motifs is 1. The van der Waals surface area contributed by atoms with Gasteiger partial charge in [0, 0.05) is 11.5 Å². The number of hydrogen-bond donors (Lipinski definition) is 2. The minimum absolute atomic E-state index is 0.340. The summed E-state index contributed by atoms with van der Waals surface area (Å²) in [5.74, 6) is 0.730. The molecule has 172 valence electrons. The Balaban J connectivity index is 1.46. The molecule has 1 aliphatic heterocycles. The highest BCUT2D eigenvalue weighted by Gasteiger charge is 2.63. The Morgan fingerprint density at radius 1 is 0.912 bits per heavy atom. The first-order valence-corrected chi connectivity index (χ1v) is 13.0. The molecule has 3 aromatic carbocycles. The molecule has 4 aromatic rings. The number of nitrogens with zero attached hydrogens (tertiary/aromatic N) is 2. The third kappa shape index (κ3) is 3.35. The topological polar surface area (TPSA) is 80.0 Å². The standard InChI is InChI=1S/C27H26N4O2S/c28-34(32,24-18-26(24)19-31-25(33-20-26)16-17-29-31)30-27(21-10-4-1-5-11-21,22-12-6-2-7-13-22)23-14-8-3-9-15-23/h1-17,24H,18-20H2,(H2,28,30,32). The molecular formula is C27H26N4O2S. The van der Waals surface area contributed by atoms with Crippen molar-refractivity contribution in [3.8, 4) is 5.88 Å². The molecule has 2 aliphatic rings. The van der Waals surface area contributed by atoms with Gasteiger partial charge in [-0.15, -0.1) is 0 Å². The number of rotatable bonds is 6. The molecule has 6 nitrogen and oxygen atoms in total. The van der Waals surface area contributed by atoms with E-state index in [9.17, 15) is 8.99 Å². The number of benzene rings is 3. The Bertz CT molecular complexity index is 1310. The van der Waals surface area contributed by atoms with E-state index in [0.717, 1.165) is 22.6 Å². The van der Waals surface area contributed by atoms with Gasteiger partial charge in [-0.25, -0.2) is 18.4 Å². The smallest absolute Gasteiger partial charge is 0.211 e. The maximum absolute atomic E-state index is 14.3. The highest BCUT2D eigenvalue weighted by molar-refractivity contribution is 7.91. The number of hydrogen-bond acceptors (Lipinski definition) is 4. The van der Waals surface area contributed by atoms with Crippen LogP contribution in [0.25, 0.3) is 0 Å². The molecule has 6 rings (SSSR count). The van der Waals surface area contributed by atoms with E-state index in [4.69, 9.17) is 4.74 Å². The summed E-state index contributed by atoms with van der Waals surface area (Å²) in [6.07, 6.45) is 2.38. The van der Waals surface area contributed by atoms with Crippen molar-refractivity contribution in [2.24, 2.45) is 5.41 Å². The van der Waals surface area contributed by atoms with Crippen LogP contribution in [0.15, 0.2) is 103 Å². The molecule has 1 aromatic heterocycles. The van der Waals surface area contributed by atoms with Crippen LogP contribution in [-0.4, -0.2) is 25.8 Å². The lowest BCUT2D eigenvalue weighted by Gasteiger charge is -2.38. The predicted octanol–water partition coefficient (Wildman–Crippen LogP) is 4.58. The van der Waals surface area contributed by atoms with Crippen molar-refractivity contribution < 1.29 is 8.95 Å². The first-order chi connectivity index (χ1) is 16.5. The van der Waals surface area contributed by atoms with Gasteiger partial charge in [-0.05, 0) is 23.1 Å². The monoisotopic (exact) mass is 470 g/mol. The lowest BCUT2D eigenvalue weighted by molar-refractivity contribution is 0.149. The van der Waals surface area contributed by atoms with Crippen molar-refractivity contribution in [1.82, 2.24) is 14.5 Å². The summed E-state index contributed by atoms with van der Waals surface area (Å²) in [6, 6.07) is 31.8. The van der Waals surface area contributed by atoms with E-state index in [-0.39, 0.29) is 10.7 Å². The van der Waals surface area contributed by atoms with E-state index in [1.807, 2.05) is 102 Å². The van der Waals surface area contributed by atoms with Gasteiger partial charge < -0.3 is 4.74 Å². The molecule has 3 atom stereocenters. The molecule has 0 bridgehead atoms. The molecular weight excluding hydrogens is 444 g/mol. The number of nitrogens with one attached hydrogen (secondary N) is 2. The van der Waals surface area contributed by atoms with Crippen molar-refractivity contribution in [2.75, 3.05) is 6.61 Å². The molecule has 34 heavy (non-hydrogen) atoms. The zero-order chi connectivity index (χ0) is 23.2. The van der Waals surface area contributed by atoms with Crippen molar-refractivity contribution >= 4 is 9.92 Å². The van der Waals surface area contributed by atoms with Crippen molar-refractivity contribution in [3.63, 3.8) is 0 Å². The Morgan fingerprint density at radius 2 is 1.44 bits per heavy atom. The summed E-state index contributed by atoms with van der Waals surface area (Å²) >= 11 is 0. The molecule has 0 amide bonds. The van der Waals surface area contributed by atoms with E-state index < -0.39 is 15.5 Å². The molecule has 2 N–H and O–H groups in total. The first-order valence-electron chi connectivity index (χ1n) is 11.4. The third-order valence-electron chi connectivity index (χ3n) is 7.09. The van der Waals surface area contributed by atoms with Crippen LogP contribution < -0.4 is 9.46 Å². The van der Waals surface area contributed by atoms with Crippen LogP contribution in [-0.2, 0) is 22.0 Å². The number of aromatic nitrogens is 2. The highest BCUT2D eigenvalue weighted by Crippen LogP contribution is 2.55. The second kappa shape index (κ2) is 7.82. The van der Waals surface area contributed by atoms with Gasteiger partial charge in [0.15, 0.2) is 0 Å². The van der Waals surface area contributed by atoms with Crippen LogP contribution in [0, 0.1) is 10.2 Å². The summed E-state index contributed by atoms with van der Waals surface area (Å²) < 4.78 is 34.6. The average Bonchev–Trinajstić information content (AvgIpc) is 3.39. The number of ether oxygens (including phenoxy) is 1. The minimum Gasteiger partial charge on any atom is -0.477 e. The summed E-state index contributed by atoms with van der Waals surface area (Å²) in [7, 11) is -3.25. The summed E-state index contributed by atoms with van der Waals surface area (Å²) in [4.78, 5) is 0. The van der Waals surface area contributed by atoms with Crippen molar-refractivity contribution in [1.29, 1.82) is 4.78 Å². The Morgan fingerprint density at radius 3 is 1.97 bits per heavy atom. The highest BCUT2D eigenvalue weighted by atomic mass is 32.2. The van der Waals surface area contributed by atoms with Crippen molar-refractivity contribution in [2.45, 2.75) is 23.8 Å².